The zero-order valence-electron chi connectivity index (χ0n) is 10.2. The molecule has 0 amide bonds. The molecule has 0 aliphatic rings. The van der Waals surface area contributed by atoms with Crippen molar-refractivity contribution in [2.75, 3.05) is 11.4 Å². The topological polar surface area (TPSA) is 66.0 Å². The van der Waals surface area contributed by atoms with Crippen molar-refractivity contribution in [3.63, 3.8) is 0 Å². The van der Waals surface area contributed by atoms with Crippen LogP contribution in [0.2, 0.25) is 0 Å². The van der Waals surface area contributed by atoms with Crippen LogP contribution >= 0.6 is 0 Å². The molecule has 88 valence electrons. The predicted octanol–water partition coefficient (Wildman–Crippen LogP) is 1.99. The van der Waals surface area contributed by atoms with E-state index < -0.39 is 0 Å². The molecule has 1 aromatic rings. The van der Waals surface area contributed by atoms with Crippen LogP contribution in [0.25, 0.3) is 0 Å². The SMILES string of the molecule is CCC(C)N(CC)c1cc(C(=N)N)ccn1. The molecule has 0 bridgehead atoms. The number of nitrogens with two attached hydrogens (primary N) is 1. The Kier molecular flexibility index (Phi) is 4.28. The lowest BCUT2D eigenvalue weighted by Crippen LogP contribution is -2.33. The zero-order valence-corrected chi connectivity index (χ0v) is 10.2. The Hall–Kier alpha value is -1.58. The van der Waals surface area contributed by atoms with Crippen LogP contribution in [0.5, 0.6) is 0 Å². The lowest BCUT2D eigenvalue weighted by atomic mass is 10.2. The molecule has 1 unspecified atom stereocenters. The van der Waals surface area contributed by atoms with Crippen LogP contribution in [-0.4, -0.2) is 23.4 Å². The highest BCUT2D eigenvalue weighted by molar-refractivity contribution is 5.95. The smallest absolute Gasteiger partial charge is 0.129 e. The highest BCUT2D eigenvalue weighted by Gasteiger charge is 2.12. The predicted molar refractivity (Wildman–Crippen MR) is 68.0 cm³/mol. The first-order chi connectivity index (χ1) is 7.60. The second kappa shape index (κ2) is 5.49. The van der Waals surface area contributed by atoms with Crippen LogP contribution in [-0.2, 0) is 0 Å². The maximum Gasteiger partial charge on any atom is 0.129 e. The van der Waals surface area contributed by atoms with Crippen molar-refractivity contribution >= 4 is 11.7 Å². The average molecular weight is 220 g/mol. The molecule has 1 rings (SSSR count). The number of amidine groups is 1. The summed E-state index contributed by atoms with van der Waals surface area (Å²) in [6.45, 7) is 7.34. The first-order valence-electron chi connectivity index (χ1n) is 5.67. The second-order valence-electron chi connectivity index (χ2n) is 3.86. The van der Waals surface area contributed by atoms with Crippen LogP contribution < -0.4 is 10.6 Å². The van der Waals surface area contributed by atoms with Crippen LogP contribution in [0.3, 0.4) is 0 Å². The van der Waals surface area contributed by atoms with Gasteiger partial charge in [0.1, 0.15) is 11.7 Å². The third kappa shape index (κ3) is 2.72. The summed E-state index contributed by atoms with van der Waals surface area (Å²) in [6.07, 6.45) is 2.77. The van der Waals surface area contributed by atoms with Gasteiger partial charge in [0.05, 0.1) is 0 Å². The van der Waals surface area contributed by atoms with E-state index >= 15 is 0 Å². The lowest BCUT2D eigenvalue weighted by molar-refractivity contribution is 0.623. The van der Waals surface area contributed by atoms with Crippen molar-refractivity contribution in [3.05, 3.63) is 23.9 Å². The number of nitrogens with one attached hydrogen (secondary N) is 1. The molecule has 4 nitrogen and oxygen atoms in total. The van der Waals surface area contributed by atoms with E-state index in [1.165, 1.54) is 0 Å². The summed E-state index contributed by atoms with van der Waals surface area (Å²) in [6, 6.07) is 4.08. The van der Waals surface area contributed by atoms with Gasteiger partial charge in [-0.2, -0.15) is 0 Å². The first-order valence-corrected chi connectivity index (χ1v) is 5.67. The number of hydrogen-bond acceptors (Lipinski definition) is 3. The van der Waals surface area contributed by atoms with Crippen molar-refractivity contribution in [2.24, 2.45) is 5.73 Å². The number of rotatable bonds is 5. The minimum Gasteiger partial charge on any atom is -0.384 e. The normalized spacial score (nSPS) is 12.2. The Morgan fingerprint density at radius 1 is 1.56 bits per heavy atom. The summed E-state index contributed by atoms with van der Waals surface area (Å²) in [7, 11) is 0. The van der Waals surface area contributed by atoms with Gasteiger partial charge >= 0.3 is 0 Å². The standard InChI is InChI=1S/C12H20N4/c1-4-9(3)16(5-2)11-8-10(12(13)14)6-7-15-11/h6-9H,4-5H2,1-3H3,(H3,13,14). The van der Waals surface area contributed by atoms with E-state index in [0.717, 1.165) is 24.3 Å². The van der Waals surface area contributed by atoms with Gasteiger partial charge in [-0.15, -0.1) is 0 Å². The van der Waals surface area contributed by atoms with E-state index in [2.05, 4.69) is 30.7 Å². The van der Waals surface area contributed by atoms with Gasteiger partial charge in [-0.05, 0) is 32.4 Å². The van der Waals surface area contributed by atoms with Gasteiger partial charge in [-0.25, -0.2) is 4.98 Å². The molecule has 0 spiro atoms. The molecule has 0 radical (unpaired) electrons. The van der Waals surface area contributed by atoms with Crippen LogP contribution in [0.1, 0.15) is 32.8 Å². The molecule has 0 saturated heterocycles. The van der Waals surface area contributed by atoms with Crippen molar-refractivity contribution in [1.29, 1.82) is 5.41 Å². The molecule has 0 aliphatic carbocycles. The molecule has 1 aromatic heterocycles. The number of nitrogens with zero attached hydrogens (tertiary/aromatic N) is 2. The van der Waals surface area contributed by atoms with E-state index in [1.54, 1.807) is 12.3 Å². The Bertz CT molecular complexity index is 362. The molecule has 0 fully saturated rings. The fourth-order valence-electron chi connectivity index (χ4n) is 1.66. The van der Waals surface area contributed by atoms with E-state index in [0.29, 0.717) is 6.04 Å². The quantitative estimate of drug-likeness (QED) is 0.589. The third-order valence-corrected chi connectivity index (χ3v) is 2.81. The fraction of sp³-hybridized carbons (Fsp3) is 0.500. The molecule has 1 heterocycles. The van der Waals surface area contributed by atoms with Gasteiger partial charge < -0.3 is 10.6 Å². The molecular formula is C12H20N4. The summed E-state index contributed by atoms with van der Waals surface area (Å²) >= 11 is 0. The summed E-state index contributed by atoms with van der Waals surface area (Å²) < 4.78 is 0. The molecule has 0 saturated carbocycles. The van der Waals surface area contributed by atoms with Gasteiger partial charge in [0.2, 0.25) is 0 Å². The maximum atomic E-state index is 7.41. The Labute approximate surface area is 97.0 Å². The number of pyridine rings is 1. The van der Waals surface area contributed by atoms with Gasteiger partial charge in [0, 0.05) is 24.3 Å². The molecule has 0 aliphatic heterocycles. The Morgan fingerprint density at radius 2 is 2.25 bits per heavy atom. The Morgan fingerprint density at radius 3 is 2.75 bits per heavy atom. The summed E-state index contributed by atoms with van der Waals surface area (Å²) in [5.74, 6) is 0.980. The molecular weight excluding hydrogens is 200 g/mol. The van der Waals surface area contributed by atoms with Gasteiger partial charge in [0.25, 0.3) is 0 Å². The van der Waals surface area contributed by atoms with Crippen molar-refractivity contribution < 1.29 is 0 Å². The van der Waals surface area contributed by atoms with Crippen LogP contribution in [0.4, 0.5) is 5.82 Å². The number of nitrogen functional groups attached to an aromatic ring is 1. The molecule has 3 N–H and O–H groups in total. The van der Waals surface area contributed by atoms with Gasteiger partial charge in [0.15, 0.2) is 0 Å². The average Bonchev–Trinajstić information content (AvgIpc) is 2.30. The van der Waals surface area contributed by atoms with Crippen LogP contribution in [0, 0.1) is 5.41 Å². The first kappa shape index (κ1) is 12.5. The highest BCUT2D eigenvalue weighted by Crippen LogP contribution is 2.16. The Balaban J connectivity index is 3.01. The van der Waals surface area contributed by atoms with Crippen molar-refractivity contribution in [3.8, 4) is 0 Å². The maximum absolute atomic E-state index is 7.41. The second-order valence-corrected chi connectivity index (χ2v) is 3.86. The molecule has 0 aromatic carbocycles. The molecule has 1 atom stereocenters. The molecule has 16 heavy (non-hydrogen) atoms. The zero-order chi connectivity index (χ0) is 12.1. The third-order valence-electron chi connectivity index (χ3n) is 2.81. The minimum absolute atomic E-state index is 0.0869. The van der Waals surface area contributed by atoms with E-state index in [4.69, 9.17) is 11.1 Å². The number of aromatic nitrogens is 1. The van der Waals surface area contributed by atoms with Gasteiger partial charge in [-0.1, -0.05) is 6.92 Å². The molecule has 4 heteroatoms. The van der Waals surface area contributed by atoms with Crippen molar-refractivity contribution in [1.82, 2.24) is 4.98 Å². The minimum atomic E-state index is 0.0869. The van der Waals surface area contributed by atoms with Crippen LogP contribution in [0.15, 0.2) is 18.3 Å². The van der Waals surface area contributed by atoms with E-state index in [9.17, 15) is 0 Å². The van der Waals surface area contributed by atoms with E-state index in [1.807, 2.05) is 6.07 Å². The summed E-state index contributed by atoms with van der Waals surface area (Å²) in [4.78, 5) is 6.55. The van der Waals surface area contributed by atoms with Crippen molar-refractivity contribution in [2.45, 2.75) is 33.2 Å². The monoisotopic (exact) mass is 220 g/mol. The largest absolute Gasteiger partial charge is 0.384 e. The number of anilines is 1. The van der Waals surface area contributed by atoms with E-state index in [-0.39, 0.29) is 5.84 Å². The van der Waals surface area contributed by atoms with Gasteiger partial charge in [-0.3, -0.25) is 5.41 Å². The summed E-state index contributed by atoms with van der Waals surface area (Å²) in [5.41, 5.74) is 6.20. The fourth-order valence-corrected chi connectivity index (χ4v) is 1.66. The lowest BCUT2D eigenvalue weighted by Gasteiger charge is -2.28. The number of hydrogen-bond donors (Lipinski definition) is 2. The highest BCUT2D eigenvalue weighted by atomic mass is 15.2. The summed E-state index contributed by atoms with van der Waals surface area (Å²) in [5, 5.41) is 7.41.